The van der Waals surface area contributed by atoms with Crippen molar-refractivity contribution in [3.8, 4) is 0 Å². The van der Waals surface area contributed by atoms with Crippen molar-refractivity contribution in [2.45, 2.75) is 12.5 Å². The van der Waals surface area contributed by atoms with E-state index in [0.29, 0.717) is 10.9 Å². The summed E-state index contributed by atoms with van der Waals surface area (Å²) in [5, 5.41) is 10.9. The molecule has 0 atom stereocenters. The second-order valence-electron chi connectivity index (χ2n) is 2.98. The van der Waals surface area contributed by atoms with Gasteiger partial charge in [0.2, 0.25) is 0 Å². The third-order valence-corrected chi connectivity index (χ3v) is 3.79. The number of aliphatic hydroxyl groups excluding tert-OH is 1. The molecule has 0 fully saturated rings. The van der Waals surface area contributed by atoms with Gasteiger partial charge in [-0.3, -0.25) is 0 Å². The summed E-state index contributed by atoms with van der Waals surface area (Å²) in [6.07, 6.45) is 0. The smallest absolute Gasteiger partial charge is 0.0688 e. The number of benzene rings is 1. The first-order valence-corrected chi connectivity index (χ1v) is 5.85. The van der Waals surface area contributed by atoms with Crippen LogP contribution in [0, 0.1) is 0 Å². The average Bonchev–Trinajstić information content (AvgIpc) is 2.59. The van der Waals surface area contributed by atoms with E-state index in [1.54, 1.807) is 17.4 Å². The van der Waals surface area contributed by atoms with Gasteiger partial charge in [-0.2, -0.15) is 0 Å². The van der Waals surface area contributed by atoms with Crippen molar-refractivity contribution in [1.29, 1.82) is 0 Å². The normalized spacial score (nSPS) is 11.1. The molecular formula is C10H8Cl2OS. The molecule has 1 aromatic carbocycles. The van der Waals surface area contributed by atoms with Crippen LogP contribution in [-0.4, -0.2) is 5.11 Å². The van der Waals surface area contributed by atoms with E-state index >= 15 is 0 Å². The lowest BCUT2D eigenvalue weighted by Crippen LogP contribution is -1.82. The van der Waals surface area contributed by atoms with Crippen LogP contribution in [-0.2, 0) is 12.5 Å². The van der Waals surface area contributed by atoms with Gasteiger partial charge in [-0.25, -0.2) is 0 Å². The Morgan fingerprint density at radius 2 is 2.07 bits per heavy atom. The first-order chi connectivity index (χ1) is 6.74. The fourth-order valence-corrected chi connectivity index (χ4v) is 2.97. The number of thiophene rings is 1. The van der Waals surface area contributed by atoms with Gasteiger partial charge in [0.05, 0.1) is 12.5 Å². The van der Waals surface area contributed by atoms with Gasteiger partial charge < -0.3 is 5.11 Å². The summed E-state index contributed by atoms with van der Waals surface area (Å²) in [4.78, 5) is 1.10. The molecule has 0 aliphatic rings. The molecule has 1 nitrogen and oxygen atoms in total. The van der Waals surface area contributed by atoms with Gasteiger partial charge in [-0.1, -0.05) is 11.6 Å². The van der Waals surface area contributed by atoms with Crippen LogP contribution >= 0.6 is 34.5 Å². The van der Waals surface area contributed by atoms with Crippen LogP contribution < -0.4 is 0 Å². The van der Waals surface area contributed by atoms with Crippen molar-refractivity contribution in [3.63, 3.8) is 0 Å². The highest BCUT2D eigenvalue weighted by Crippen LogP contribution is 2.32. The van der Waals surface area contributed by atoms with Crippen molar-refractivity contribution in [1.82, 2.24) is 0 Å². The van der Waals surface area contributed by atoms with E-state index in [4.69, 9.17) is 28.3 Å². The lowest BCUT2D eigenvalue weighted by molar-refractivity contribution is 0.283. The minimum Gasteiger partial charge on any atom is -0.392 e. The third kappa shape index (κ3) is 1.75. The maximum absolute atomic E-state index is 9.16. The molecule has 0 saturated heterocycles. The molecule has 14 heavy (non-hydrogen) atoms. The topological polar surface area (TPSA) is 20.2 Å². The summed E-state index contributed by atoms with van der Waals surface area (Å²) < 4.78 is 1.08. The van der Waals surface area contributed by atoms with E-state index in [0.717, 1.165) is 20.5 Å². The highest BCUT2D eigenvalue weighted by Gasteiger charge is 2.06. The minimum absolute atomic E-state index is 0.00944. The Hall–Kier alpha value is -0.280. The molecule has 0 saturated carbocycles. The van der Waals surface area contributed by atoms with Gasteiger partial charge in [0.25, 0.3) is 0 Å². The van der Waals surface area contributed by atoms with Gasteiger partial charge in [0, 0.05) is 14.6 Å². The Labute approximate surface area is 95.9 Å². The summed E-state index contributed by atoms with van der Waals surface area (Å²) in [6, 6.07) is 5.69. The van der Waals surface area contributed by atoms with E-state index in [1.807, 2.05) is 12.1 Å². The van der Waals surface area contributed by atoms with Crippen molar-refractivity contribution < 1.29 is 5.11 Å². The lowest BCUT2D eigenvalue weighted by Gasteiger charge is -1.99. The maximum Gasteiger partial charge on any atom is 0.0688 e. The Bertz CT molecular complexity index is 464. The zero-order chi connectivity index (χ0) is 10.1. The highest BCUT2D eigenvalue weighted by molar-refractivity contribution is 7.19. The molecule has 1 N–H and O–H groups in total. The third-order valence-electron chi connectivity index (χ3n) is 2.04. The standard InChI is InChI=1S/C10H8Cl2OS/c11-4-8-3-9-6(5-13)1-7(12)2-10(9)14-8/h1-3,13H,4-5H2. The minimum atomic E-state index is 0.00944. The largest absolute Gasteiger partial charge is 0.392 e. The molecule has 0 aliphatic heterocycles. The number of aliphatic hydroxyl groups is 1. The molecule has 74 valence electrons. The number of hydrogen-bond acceptors (Lipinski definition) is 2. The molecule has 0 aliphatic carbocycles. The number of hydrogen-bond donors (Lipinski definition) is 1. The first-order valence-electron chi connectivity index (χ1n) is 4.12. The van der Waals surface area contributed by atoms with E-state index in [2.05, 4.69) is 0 Å². The molecule has 0 unspecified atom stereocenters. The van der Waals surface area contributed by atoms with E-state index in [-0.39, 0.29) is 6.61 Å². The van der Waals surface area contributed by atoms with Crippen molar-refractivity contribution in [3.05, 3.63) is 33.7 Å². The van der Waals surface area contributed by atoms with Crippen molar-refractivity contribution in [2.75, 3.05) is 0 Å². The molecule has 0 bridgehead atoms. The average molecular weight is 247 g/mol. The van der Waals surface area contributed by atoms with Crippen LogP contribution in [0.3, 0.4) is 0 Å². The van der Waals surface area contributed by atoms with Gasteiger partial charge in [0.1, 0.15) is 0 Å². The van der Waals surface area contributed by atoms with E-state index < -0.39 is 0 Å². The number of fused-ring (bicyclic) bond motifs is 1. The van der Waals surface area contributed by atoms with Crippen LogP contribution in [0.5, 0.6) is 0 Å². The summed E-state index contributed by atoms with van der Waals surface area (Å²) >= 11 is 13.3. The van der Waals surface area contributed by atoms with E-state index in [9.17, 15) is 0 Å². The zero-order valence-electron chi connectivity index (χ0n) is 7.26. The van der Waals surface area contributed by atoms with Gasteiger partial charge in [-0.15, -0.1) is 22.9 Å². The Morgan fingerprint density at radius 3 is 2.71 bits per heavy atom. The SMILES string of the molecule is OCc1cc(Cl)cc2sc(CCl)cc12. The van der Waals surface area contributed by atoms with Crippen LogP contribution in [0.15, 0.2) is 18.2 Å². The predicted octanol–water partition coefficient (Wildman–Crippen LogP) is 3.79. The number of rotatable bonds is 2. The van der Waals surface area contributed by atoms with Crippen molar-refractivity contribution >= 4 is 44.6 Å². The van der Waals surface area contributed by atoms with Crippen LogP contribution in [0.25, 0.3) is 10.1 Å². The van der Waals surface area contributed by atoms with Gasteiger partial charge in [-0.05, 0) is 29.1 Å². The Kier molecular flexibility index (Phi) is 2.98. The number of halogens is 2. The van der Waals surface area contributed by atoms with Crippen molar-refractivity contribution in [2.24, 2.45) is 0 Å². The molecule has 4 heteroatoms. The Morgan fingerprint density at radius 1 is 1.29 bits per heavy atom. The second kappa shape index (κ2) is 4.07. The molecular weight excluding hydrogens is 239 g/mol. The van der Waals surface area contributed by atoms with Crippen LogP contribution in [0.4, 0.5) is 0 Å². The summed E-state index contributed by atoms with van der Waals surface area (Å²) in [6.45, 7) is 0.00944. The van der Waals surface area contributed by atoms with E-state index in [1.165, 1.54) is 0 Å². The molecule has 1 heterocycles. The van der Waals surface area contributed by atoms with Crippen LogP contribution in [0.2, 0.25) is 5.02 Å². The lowest BCUT2D eigenvalue weighted by atomic mass is 10.1. The molecule has 2 rings (SSSR count). The molecule has 0 spiro atoms. The molecule has 1 aromatic heterocycles. The monoisotopic (exact) mass is 246 g/mol. The second-order valence-corrected chi connectivity index (χ2v) is 4.85. The summed E-state index contributed by atoms with van der Waals surface area (Å²) in [5.74, 6) is 0.502. The maximum atomic E-state index is 9.16. The first kappa shape index (κ1) is 10.2. The van der Waals surface area contributed by atoms with Gasteiger partial charge >= 0.3 is 0 Å². The number of alkyl halides is 1. The summed E-state index contributed by atoms with van der Waals surface area (Å²) in [5.41, 5.74) is 0.861. The fourth-order valence-electron chi connectivity index (χ4n) is 1.42. The summed E-state index contributed by atoms with van der Waals surface area (Å²) in [7, 11) is 0. The predicted molar refractivity (Wildman–Crippen MR) is 62.3 cm³/mol. The molecule has 0 amide bonds. The Balaban J connectivity index is 2.71. The highest BCUT2D eigenvalue weighted by atomic mass is 35.5. The fraction of sp³-hybridized carbons (Fsp3) is 0.200. The molecule has 0 radical (unpaired) electrons. The molecule has 2 aromatic rings. The quantitative estimate of drug-likeness (QED) is 0.800. The van der Waals surface area contributed by atoms with Crippen LogP contribution in [0.1, 0.15) is 10.4 Å². The zero-order valence-corrected chi connectivity index (χ0v) is 9.59. The van der Waals surface area contributed by atoms with Gasteiger partial charge in [0.15, 0.2) is 0 Å².